The zero-order valence-electron chi connectivity index (χ0n) is 9.84. The van der Waals surface area contributed by atoms with E-state index in [1.807, 2.05) is 30.3 Å². The molecule has 1 aromatic carbocycles. The predicted molar refractivity (Wildman–Crippen MR) is 70.8 cm³/mol. The summed E-state index contributed by atoms with van der Waals surface area (Å²) in [7, 11) is 0. The Morgan fingerprint density at radius 1 is 1.41 bits per heavy atom. The number of carbonyl (C=O) groups excluding carboxylic acids is 1. The van der Waals surface area contributed by atoms with Gasteiger partial charge in [0.25, 0.3) is 0 Å². The van der Waals surface area contributed by atoms with E-state index in [-0.39, 0.29) is 17.1 Å². The van der Waals surface area contributed by atoms with E-state index in [1.54, 1.807) is 11.8 Å². The Labute approximate surface area is 106 Å². The third-order valence-electron chi connectivity index (χ3n) is 2.75. The molecule has 1 aromatic rings. The summed E-state index contributed by atoms with van der Waals surface area (Å²) in [4.78, 5) is 11.9. The van der Waals surface area contributed by atoms with E-state index >= 15 is 0 Å². The highest BCUT2D eigenvalue weighted by Gasteiger charge is 2.27. The molecule has 2 atom stereocenters. The normalized spacial score (nSPS) is 23.4. The molecule has 17 heavy (non-hydrogen) atoms. The lowest BCUT2D eigenvalue weighted by Gasteiger charge is -2.22. The maximum atomic E-state index is 11.9. The Morgan fingerprint density at radius 3 is 2.88 bits per heavy atom. The topological polar surface area (TPSA) is 26.3 Å². The minimum Gasteiger partial charge on any atom is -0.460 e. The number of carbonyl (C=O) groups is 1. The van der Waals surface area contributed by atoms with Crippen molar-refractivity contribution in [3.63, 3.8) is 0 Å². The molecule has 0 aromatic heterocycles. The first kappa shape index (κ1) is 12.2. The molecule has 0 bridgehead atoms. The molecule has 1 aliphatic rings. The van der Waals surface area contributed by atoms with Crippen LogP contribution in [-0.4, -0.2) is 17.0 Å². The van der Waals surface area contributed by atoms with Crippen LogP contribution in [0.3, 0.4) is 0 Å². The fourth-order valence-corrected chi connectivity index (χ4v) is 2.80. The highest BCUT2D eigenvalue weighted by molar-refractivity contribution is 8.00. The quantitative estimate of drug-likeness (QED) is 0.607. The van der Waals surface area contributed by atoms with Crippen molar-refractivity contribution in [1.29, 1.82) is 0 Å². The highest BCUT2D eigenvalue weighted by Crippen LogP contribution is 2.26. The van der Waals surface area contributed by atoms with Gasteiger partial charge >= 0.3 is 5.97 Å². The van der Waals surface area contributed by atoms with E-state index in [2.05, 4.69) is 19.1 Å². The van der Waals surface area contributed by atoms with Crippen molar-refractivity contribution in [2.75, 3.05) is 5.75 Å². The first-order valence-corrected chi connectivity index (χ1v) is 6.81. The molecule has 3 heteroatoms. The molecule has 0 fully saturated rings. The molecule has 2 nitrogen and oxygen atoms in total. The van der Waals surface area contributed by atoms with Crippen LogP contribution >= 0.6 is 11.8 Å². The Balaban J connectivity index is 1.87. The van der Waals surface area contributed by atoms with Gasteiger partial charge in [-0.25, -0.2) is 0 Å². The number of hydrogen-bond acceptors (Lipinski definition) is 3. The second-order valence-electron chi connectivity index (χ2n) is 4.13. The fourth-order valence-electron chi connectivity index (χ4n) is 1.78. The van der Waals surface area contributed by atoms with Crippen LogP contribution < -0.4 is 0 Å². The smallest absolute Gasteiger partial charge is 0.319 e. The summed E-state index contributed by atoms with van der Waals surface area (Å²) in [5.74, 6) is 1.06. The molecular weight excluding hydrogens is 232 g/mol. The van der Waals surface area contributed by atoms with E-state index in [9.17, 15) is 4.79 Å². The standard InChI is InChI=1S/C14H16O2S/c1-11-6-5-9-17-13(11)14(15)16-10-12-7-3-2-4-8-12/h2-8,11,13H,9-10H2,1H3/t11-,13-/m1/s1. The number of ether oxygens (including phenoxy) is 1. The molecule has 0 aliphatic carbocycles. The van der Waals surface area contributed by atoms with E-state index in [0.717, 1.165) is 11.3 Å². The van der Waals surface area contributed by atoms with Crippen LogP contribution in [0.15, 0.2) is 42.5 Å². The second kappa shape index (κ2) is 5.92. The Hall–Kier alpha value is -1.22. The first-order valence-electron chi connectivity index (χ1n) is 5.76. The number of allylic oxidation sites excluding steroid dienone is 1. The number of esters is 1. The summed E-state index contributed by atoms with van der Waals surface area (Å²) >= 11 is 1.65. The molecule has 0 N–H and O–H groups in total. The maximum absolute atomic E-state index is 11.9. The monoisotopic (exact) mass is 248 g/mol. The highest BCUT2D eigenvalue weighted by atomic mass is 32.2. The second-order valence-corrected chi connectivity index (χ2v) is 5.31. The molecule has 0 amide bonds. The number of benzene rings is 1. The lowest BCUT2D eigenvalue weighted by molar-refractivity contribution is -0.144. The van der Waals surface area contributed by atoms with Crippen molar-refractivity contribution in [2.24, 2.45) is 5.92 Å². The van der Waals surface area contributed by atoms with Gasteiger partial charge in [0.1, 0.15) is 11.9 Å². The van der Waals surface area contributed by atoms with Gasteiger partial charge in [0.15, 0.2) is 0 Å². The molecule has 1 heterocycles. The third kappa shape index (κ3) is 3.37. The van der Waals surface area contributed by atoms with Crippen LogP contribution in [0.5, 0.6) is 0 Å². The minimum atomic E-state index is -0.101. The van der Waals surface area contributed by atoms with Crippen molar-refractivity contribution in [3.8, 4) is 0 Å². The van der Waals surface area contributed by atoms with Gasteiger partial charge in [-0.05, 0) is 11.5 Å². The number of thioether (sulfide) groups is 1. The van der Waals surface area contributed by atoms with E-state index in [0.29, 0.717) is 6.61 Å². The minimum absolute atomic E-state index is 0.0521. The molecule has 2 rings (SSSR count). The molecule has 0 saturated carbocycles. The predicted octanol–water partition coefficient (Wildman–Crippen LogP) is 3.04. The molecule has 0 spiro atoms. The van der Waals surface area contributed by atoms with Crippen molar-refractivity contribution in [2.45, 2.75) is 18.8 Å². The lowest BCUT2D eigenvalue weighted by Crippen LogP contribution is -2.28. The van der Waals surface area contributed by atoms with Gasteiger partial charge in [0, 0.05) is 5.75 Å². The van der Waals surface area contributed by atoms with Gasteiger partial charge in [-0.15, -0.1) is 11.8 Å². The van der Waals surface area contributed by atoms with Crippen molar-refractivity contribution in [1.82, 2.24) is 0 Å². The SMILES string of the molecule is C[C@@H]1C=CCS[C@H]1C(=O)OCc1ccccc1. The van der Waals surface area contributed by atoms with Crippen molar-refractivity contribution in [3.05, 3.63) is 48.0 Å². The average Bonchev–Trinajstić information content (AvgIpc) is 2.38. The maximum Gasteiger partial charge on any atom is 0.319 e. The van der Waals surface area contributed by atoms with Crippen molar-refractivity contribution < 1.29 is 9.53 Å². The number of hydrogen-bond donors (Lipinski definition) is 0. The zero-order valence-corrected chi connectivity index (χ0v) is 10.7. The van der Waals surface area contributed by atoms with Crippen LogP contribution in [0, 0.1) is 5.92 Å². The van der Waals surface area contributed by atoms with Gasteiger partial charge in [0.2, 0.25) is 0 Å². The summed E-state index contributed by atoms with van der Waals surface area (Å²) in [5, 5.41) is -0.0521. The Morgan fingerprint density at radius 2 is 2.18 bits per heavy atom. The van der Waals surface area contributed by atoms with Gasteiger partial charge in [-0.3, -0.25) is 4.79 Å². The first-order chi connectivity index (χ1) is 8.27. The molecular formula is C14H16O2S. The number of rotatable bonds is 3. The Bertz CT molecular complexity index is 400. The van der Waals surface area contributed by atoms with Crippen LogP contribution in [0.2, 0.25) is 0 Å². The third-order valence-corrected chi connectivity index (χ3v) is 4.11. The lowest BCUT2D eigenvalue weighted by atomic mass is 10.1. The molecule has 1 aliphatic heterocycles. The van der Waals surface area contributed by atoms with Crippen LogP contribution in [0.4, 0.5) is 0 Å². The van der Waals surface area contributed by atoms with Crippen LogP contribution in [-0.2, 0) is 16.1 Å². The Kier molecular flexibility index (Phi) is 4.26. The summed E-state index contributed by atoms with van der Waals surface area (Å²) in [6.45, 7) is 2.42. The molecule has 0 radical (unpaired) electrons. The summed E-state index contributed by atoms with van der Waals surface area (Å²) in [6.07, 6.45) is 4.20. The van der Waals surface area contributed by atoms with Crippen LogP contribution in [0.1, 0.15) is 12.5 Å². The summed E-state index contributed by atoms with van der Waals surface area (Å²) in [6, 6.07) is 9.78. The zero-order chi connectivity index (χ0) is 12.1. The average molecular weight is 248 g/mol. The van der Waals surface area contributed by atoms with Gasteiger partial charge < -0.3 is 4.74 Å². The van der Waals surface area contributed by atoms with E-state index in [4.69, 9.17) is 4.74 Å². The van der Waals surface area contributed by atoms with Crippen molar-refractivity contribution >= 4 is 17.7 Å². The largest absolute Gasteiger partial charge is 0.460 e. The van der Waals surface area contributed by atoms with Crippen LogP contribution in [0.25, 0.3) is 0 Å². The van der Waals surface area contributed by atoms with Gasteiger partial charge in [0.05, 0.1) is 0 Å². The summed E-state index contributed by atoms with van der Waals surface area (Å²) in [5.41, 5.74) is 1.03. The fraction of sp³-hybridized carbons (Fsp3) is 0.357. The van der Waals surface area contributed by atoms with Gasteiger partial charge in [-0.2, -0.15) is 0 Å². The van der Waals surface area contributed by atoms with E-state index in [1.165, 1.54) is 0 Å². The molecule has 90 valence electrons. The summed E-state index contributed by atoms with van der Waals surface area (Å²) < 4.78 is 5.34. The van der Waals surface area contributed by atoms with Gasteiger partial charge in [-0.1, -0.05) is 49.4 Å². The molecule has 0 unspecified atom stereocenters. The van der Waals surface area contributed by atoms with E-state index < -0.39 is 0 Å². The molecule has 0 saturated heterocycles.